The van der Waals surface area contributed by atoms with Gasteiger partial charge in [-0.15, -0.1) is 11.3 Å². The summed E-state index contributed by atoms with van der Waals surface area (Å²) in [6.45, 7) is 0. The van der Waals surface area contributed by atoms with Crippen molar-refractivity contribution in [3.8, 4) is 0 Å². The fourth-order valence-electron chi connectivity index (χ4n) is 2.12. The van der Waals surface area contributed by atoms with Gasteiger partial charge in [0.25, 0.3) is 5.91 Å². The molecule has 0 saturated carbocycles. The van der Waals surface area contributed by atoms with Crippen LogP contribution >= 0.6 is 22.9 Å². The Labute approximate surface area is 147 Å². The third-order valence-corrected chi connectivity index (χ3v) is 4.94. The first-order chi connectivity index (χ1) is 11.3. The Kier molecular flexibility index (Phi) is 4.44. The second-order valence-corrected chi connectivity index (χ2v) is 8.35. The van der Waals surface area contributed by atoms with Gasteiger partial charge >= 0.3 is 0 Å². The number of pyridine rings is 1. The Morgan fingerprint density at radius 1 is 1.21 bits per heavy atom. The second kappa shape index (κ2) is 6.39. The third-order valence-electron chi connectivity index (χ3n) is 3.00. The van der Waals surface area contributed by atoms with Crippen LogP contribution in [-0.2, 0) is 10.0 Å². The first kappa shape index (κ1) is 16.7. The number of nitrogens with zero attached hydrogens (tertiary/aromatic N) is 1. The molecule has 24 heavy (non-hydrogen) atoms. The molecule has 3 aromatic rings. The zero-order chi connectivity index (χ0) is 17.3. The number of hydrogen-bond donors (Lipinski definition) is 2. The zero-order valence-electron chi connectivity index (χ0n) is 12.4. The number of benzene rings is 1. The minimum absolute atomic E-state index is 0.279. The highest BCUT2D eigenvalue weighted by Gasteiger charge is 2.12. The molecule has 0 radical (unpaired) electrons. The molecule has 0 fully saturated rings. The number of nitrogens with one attached hydrogen (secondary N) is 2. The van der Waals surface area contributed by atoms with Gasteiger partial charge in [-0.25, -0.2) is 8.42 Å². The predicted octanol–water partition coefficient (Wildman–Crippen LogP) is 3.57. The van der Waals surface area contributed by atoms with Crippen molar-refractivity contribution in [3.63, 3.8) is 0 Å². The monoisotopic (exact) mass is 381 g/mol. The summed E-state index contributed by atoms with van der Waals surface area (Å²) in [6.07, 6.45) is 4.40. The number of anilines is 2. The fraction of sp³-hybridized carbons (Fsp3) is 0.0667. The van der Waals surface area contributed by atoms with E-state index in [1.54, 1.807) is 24.5 Å². The average Bonchev–Trinajstić information content (AvgIpc) is 2.88. The van der Waals surface area contributed by atoms with E-state index in [0.29, 0.717) is 15.6 Å². The van der Waals surface area contributed by atoms with Crippen LogP contribution < -0.4 is 10.0 Å². The minimum atomic E-state index is -3.43. The predicted molar refractivity (Wildman–Crippen MR) is 97.5 cm³/mol. The van der Waals surface area contributed by atoms with Crippen molar-refractivity contribution in [2.45, 2.75) is 0 Å². The molecule has 2 heterocycles. The van der Waals surface area contributed by atoms with Crippen molar-refractivity contribution in [3.05, 3.63) is 52.6 Å². The molecule has 9 heteroatoms. The fourth-order valence-corrected chi connectivity index (χ4v) is 3.83. The van der Waals surface area contributed by atoms with Gasteiger partial charge in [0, 0.05) is 33.2 Å². The summed E-state index contributed by atoms with van der Waals surface area (Å²) in [6, 6.07) is 8.09. The molecule has 6 nitrogen and oxygen atoms in total. The van der Waals surface area contributed by atoms with Crippen molar-refractivity contribution in [2.24, 2.45) is 0 Å². The second-order valence-electron chi connectivity index (χ2n) is 5.08. The van der Waals surface area contributed by atoms with Crippen LogP contribution in [0.1, 0.15) is 9.67 Å². The number of amides is 1. The lowest BCUT2D eigenvalue weighted by atomic mass is 10.2. The summed E-state index contributed by atoms with van der Waals surface area (Å²) in [5.74, 6) is -0.302. The van der Waals surface area contributed by atoms with Gasteiger partial charge in [0.2, 0.25) is 10.0 Å². The van der Waals surface area contributed by atoms with Gasteiger partial charge in [-0.1, -0.05) is 11.6 Å². The van der Waals surface area contributed by atoms with Crippen LogP contribution in [0.25, 0.3) is 10.1 Å². The summed E-state index contributed by atoms with van der Waals surface area (Å²) in [5, 5.41) is 3.91. The maximum atomic E-state index is 12.4. The van der Waals surface area contributed by atoms with Crippen LogP contribution in [0.5, 0.6) is 0 Å². The number of thiophene rings is 1. The van der Waals surface area contributed by atoms with Gasteiger partial charge in [0.05, 0.1) is 16.8 Å². The smallest absolute Gasteiger partial charge is 0.265 e. The van der Waals surface area contributed by atoms with E-state index in [0.717, 1.165) is 16.3 Å². The van der Waals surface area contributed by atoms with Crippen LogP contribution in [0, 0.1) is 0 Å². The van der Waals surface area contributed by atoms with Crippen molar-refractivity contribution < 1.29 is 13.2 Å². The Balaban J connectivity index is 1.85. The van der Waals surface area contributed by atoms with Crippen LogP contribution in [-0.4, -0.2) is 25.6 Å². The zero-order valence-corrected chi connectivity index (χ0v) is 14.8. The third kappa shape index (κ3) is 4.02. The lowest BCUT2D eigenvalue weighted by molar-refractivity contribution is 0.103. The number of carbonyl (C=O) groups excluding carboxylic acids is 1. The summed E-state index contributed by atoms with van der Waals surface area (Å²) in [4.78, 5) is 16.9. The maximum absolute atomic E-state index is 12.4. The highest BCUT2D eigenvalue weighted by molar-refractivity contribution is 7.92. The van der Waals surface area contributed by atoms with Crippen molar-refractivity contribution in [1.82, 2.24) is 4.98 Å². The molecule has 0 atom stereocenters. The Bertz CT molecular complexity index is 998. The van der Waals surface area contributed by atoms with Crippen molar-refractivity contribution >= 4 is 60.3 Å². The van der Waals surface area contributed by atoms with Gasteiger partial charge < -0.3 is 5.32 Å². The number of halogens is 1. The number of sulfonamides is 1. The van der Waals surface area contributed by atoms with E-state index in [-0.39, 0.29) is 11.6 Å². The molecule has 0 spiro atoms. The van der Waals surface area contributed by atoms with Gasteiger partial charge in [0.15, 0.2) is 0 Å². The Hall–Kier alpha value is -2.16. The topological polar surface area (TPSA) is 88.2 Å². The lowest BCUT2D eigenvalue weighted by Crippen LogP contribution is -2.12. The van der Waals surface area contributed by atoms with E-state index in [1.165, 1.54) is 23.5 Å². The Morgan fingerprint density at radius 3 is 2.67 bits per heavy atom. The lowest BCUT2D eigenvalue weighted by Gasteiger charge is -2.09. The van der Waals surface area contributed by atoms with E-state index in [2.05, 4.69) is 15.0 Å². The molecule has 2 aromatic heterocycles. The van der Waals surface area contributed by atoms with Crippen molar-refractivity contribution in [1.29, 1.82) is 0 Å². The molecule has 0 aliphatic heterocycles. The highest BCUT2D eigenvalue weighted by atomic mass is 35.5. The van der Waals surface area contributed by atoms with Crippen molar-refractivity contribution in [2.75, 3.05) is 16.3 Å². The molecule has 1 amide bonds. The molecule has 2 N–H and O–H groups in total. The molecular formula is C15H12ClN3O3S2. The van der Waals surface area contributed by atoms with Gasteiger partial charge in [0.1, 0.15) is 0 Å². The van der Waals surface area contributed by atoms with Gasteiger partial charge in [-0.05, 0) is 30.3 Å². The van der Waals surface area contributed by atoms with E-state index in [9.17, 15) is 13.2 Å². The normalized spacial score (nSPS) is 11.4. The van der Waals surface area contributed by atoms with Gasteiger partial charge in [-0.3, -0.25) is 14.5 Å². The molecule has 3 rings (SSSR count). The Morgan fingerprint density at radius 2 is 1.96 bits per heavy atom. The largest absolute Gasteiger partial charge is 0.321 e. The maximum Gasteiger partial charge on any atom is 0.265 e. The van der Waals surface area contributed by atoms with E-state index in [4.69, 9.17) is 11.6 Å². The number of carbonyl (C=O) groups is 1. The van der Waals surface area contributed by atoms with E-state index in [1.807, 2.05) is 6.07 Å². The average molecular weight is 382 g/mol. The van der Waals surface area contributed by atoms with Gasteiger partial charge in [-0.2, -0.15) is 0 Å². The standard InChI is InChI=1S/C15H12ClN3O3S2/c1-24(21,22)19-12-6-10(16)5-11(7-12)18-15(20)14-4-9-8-17-3-2-13(9)23-14/h2-8,19H,1H3,(H,18,20). The minimum Gasteiger partial charge on any atom is -0.321 e. The first-order valence-electron chi connectivity index (χ1n) is 6.73. The number of fused-ring (bicyclic) bond motifs is 1. The molecule has 124 valence electrons. The van der Waals surface area contributed by atoms with Crippen LogP contribution in [0.4, 0.5) is 11.4 Å². The molecular weight excluding hydrogens is 370 g/mol. The SMILES string of the molecule is CS(=O)(=O)Nc1cc(Cl)cc(NC(=O)c2cc3cnccc3s2)c1. The summed E-state index contributed by atoms with van der Waals surface area (Å²) in [7, 11) is -3.43. The van der Waals surface area contributed by atoms with Crippen LogP contribution in [0.15, 0.2) is 42.7 Å². The van der Waals surface area contributed by atoms with E-state index >= 15 is 0 Å². The molecule has 1 aromatic carbocycles. The quantitative estimate of drug-likeness (QED) is 0.723. The number of hydrogen-bond acceptors (Lipinski definition) is 5. The van der Waals surface area contributed by atoms with Crippen LogP contribution in [0.3, 0.4) is 0 Å². The summed E-state index contributed by atoms with van der Waals surface area (Å²) >= 11 is 7.33. The number of rotatable bonds is 4. The summed E-state index contributed by atoms with van der Waals surface area (Å²) < 4.78 is 25.9. The van der Waals surface area contributed by atoms with E-state index < -0.39 is 10.0 Å². The molecule has 0 aliphatic carbocycles. The molecule has 0 aliphatic rings. The van der Waals surface area contributed by atoms with Crippen LogP contribution in [0.2, 0.25) is 5.02 Å². The first-order valence-corrected chi connectivity index (χ1v) is 9.82. The molecule has 0 saturated heterocycles. The molecule has 0 bridgehead atoms. The highest BCUT2D eigenvalue weighted by Crippen LogP contribution is 2.27. The summed E-state index contributed by atoms with van der Waals surface area (Å²) in [5.41, 5.74) is 0.676. The molecule has 0 unspecified atom stereocenters. The number of aromatic nitrogens is 1.